The fourth-order valence-corrected chi connectivity index (χ4v) is 5.14. The first-order valence-electron chi connectivity index (χ1n) is 9.02. The summed E-state index contributed by atoms with van der Waals surface area (Å²) in [5.41, 5.74) is 1.31. The van der Waals surface area contributed by atoms with E-state index in [1.807, 2.05) is 26.1 Å². The lowest BCUT2D eigenvalue weighted by Crippen LogP contribution is -2.39. The number of nitrogens with zero attached hydrogens (tertiary/aromatic N) is 1. The summed E-state index contributed by atoms with van der Waals surface area (Å²) >= 11 is 0. The minimum atomic E-state index is -1.96. The van der Waals surface area contributed by atoms with E-state index in [2.05, 4.69) is 47.6 Å². The summed E-state index contributed by atoms with van der Waals surface area (Å²) in [6.07, 6.45) is 3.01. The SMILES string of the molecule is C=CN(CCNCCC[Si](C)(OCC)OCC)Cc1ccccc1. The molecule has 0 aliphatic rings. The molecule has 0 amide bonds. The first-order chi connectivity index (χ1) is 11.6. The smallest absolute Gasteiger partial charge is 0.334 e. The summed E-state index contributed by atoms with van der Waals surface area (Å²) in [5, 5.41) is 3.51. The molecule has 0 saturated carbocycles. The lowest BCUT2D eigenvalue weighted by atomic mass is 10.2. The third-order valence-corrected chi connectivity index (χ3v) is 7.01. The van der Waals surface area contributed by atoms with Crippen LogP contribution in [0.1, 0.15) is 25.8 Å². The zero-order valence-electron chi connectivity index (χ0n) is 15.6. The van der Waals surface area contributed by atoms with Gasteiger partial charge in [0, 0.05) is 32.8 Å². The Kier molecular flexibility index (Phi) is 10.7. The Morgan fingerprint density at radius 1 is 1.12 bits per heavy atom. The molecule has 0 aromatic heterocycles. The predicted octanol–water partition coefficient (Wildman–Crippen LogP) is 3.76. The van der Waals surface area contributed by atoms with Crippen LogP contribution in [0.15, 0.2) is 43.1 Å². The molecule has 136 valence electrons. The first-order valence-corrected chi connectivity index (χ1v) is 11.5. The van der Waals surface area contributed by atoms with Crippen LogP contribution in [0.25, 0.3) is 0 Å². The maximum atomic E-state index is 5.87. The second-order valence-electron chi connectivity index (χ2n) is 5.99. The average Bonchev–Trinajstić information content (AvgIpc) is 2.58. The fraction of sp³-hybridized carbons (Fsp3) is 0.579. The summed E-state index contributed by atoms with van der Waals surface area (Å²) in [5.74, 6) is 0. The highest BCUT2D eigenvalue weighted by Crippen LogP contribution is 2.15. The van der Waals surface area contributed by atoms with Crippen molar-refractivity contribution in [2.75, 3.05) is 32.8 Å². The molecule has 1 aromatic carbocycles. The number of benzene rings is 1. The summed E-state index contributed by atoms with van der Waals surface area (Å²) in [7, 11) is -1.96. The standard InChI is InChI=1S/C19H34N2O2Si/c1-5-21(18-19-12-9-8-10-13-19)16-15-20-14-11-17-24(4,22-6-2)23-7-3/h5,8-10,12-13,20H,1,6-7,11,14-18H2,2-4H3. The average molecular weight is 351 g/mol. The Bertz CT molecular complexity index is 436. The van der Waals surface area contributed by atoms with Crippen molar-refractivity contribution in [3.8, 4) is 0 Å². The molecule has 0 heterocycles. The van der Waals surface area contributed by atoms with Crippen LogP contribution < -0.4 is 5.32 Å². The topological polar surface area (TPSA) is 33.7 Å². The molecule has 1 rings (SSSR count). The molecule has 5 heteroatoms. The van der Waals surface area contributed by atoms with Gasteiger partial charge < -0.3 is 19.1 Å². The van der Waals surface area contributed by atoms with Gasteiger partial charge in [0.1, 0.15) is 0 Å². The molecular formula is C19H34N2O2Si. The highest BCUT2D eigenvalue weighted by Gasteiger charge is 2.29. The van der Waals surface area contributed by atoms with Crippen LogP contribution in [0.3, 0.4) is 0 Å². The molecule has 0 aliphatic carbocycles. The van der Waals surface area contributed by atoms with Crippen LogP contribution in [-0.4, -0.2) is 46.3 Å². The highest BCUT2D eigenvalue weighted by atomic mass is 28.4. The van der Waals surface area contributed by atoms with Crippen molar-refractivity contribution in [2.45, 2.75) is 39.4 Å². The van der Waals surface area contributed by atoms with Gasteiger partial charge in [0.25, 0.3) is 0 Å². The van der Waals surface area contributed by atoms with Gasteiger partial charge in [-0.3, -0.25) is 0 Å². The van der Waals surface area contributed by atoms with E-state index in [1.165, 1.54) is 5.56 Å². The van der Waals surface area contributed by atoms with Gasteiger partial charge in [0.15, 0.2) is 0 Å². The van der Waals surface area contributed by atoms with E-state index in [0.29, 0.717) is 0 Å². The first kappa shape index (κ1) is 20.9. The second kappa shape index (κ2) is 12.3. The van der Waals surface area contributed by atoms with Gasteiger partial charge in [-0.25, -0.2) is 0 Å². The largest absolute Gasteiger partial charge is 0.395 e. The molecule has 0 unspecified atom stereocenters. The van der Waals surface area contributed by atoms with Crippen molar-refractivity contribution in [3.63, 3.8) is 0 Å². The van der Waals surface area contributed by atoms with Crippen molar-refractivity contribution in [3.05, 3.63) is 48.7 Å². The van der Waals surface area contributed by atoms with Crippen LogP contribution in [0.5, 0.6) is 0 Å². The third-order valence-electron chi connectivity index (χ3n) is 3.95. The Morgan fingerprint density at radius 3 is 2.38 bits per heavy atom. The van der Waals surface area contributed by atoms with Crippen LogP contribution in [-0.2, 0) is 15.4 Å². The van der Waals surface area contributed by atoms with Gasteiger partial charge >= 0.3 is 8.56 Å². The highest BCUT2D eigenvalue weighted by molar-refractivity contribution is 6.66. The molecule has 1 aromatic rings. The van der Waals surface area contributed by atoms with E-state index in [9.17, 15) is 0 Å². The van der Waals surface area contributed by atoms with E-state index in [-0.39, 0.29) is 0 Å². The lowest BCUT2D eigenvalue weighted by molar-refractivity contribution is 0.188. The molecule has 0 spiro atoms. The van der Waals surface area contributed by atoms with Gasteiger partial charge in [-0.15, -0.1) is 0 Å². The predicted molar refractivity (Wildman–Crippen MR) is 104 cm³/mol. The molecule has 0 radical (unpaired) electrons. The zero-order valence-corrected chi connectivity index (χ0v) is 16.6. The molecule has 0 saturated heterocycles. The summed E-state index contributed by atoms with van der Waals surface area (Å²) in [6.45, 7) is 15.5. The van der Waals surface area contributed by atoms with Crippen LogP contribution >= 0.6 is 0 Å². The maximum Gasteiger partial charge on any atom is 0.334 e. The Hall–Kier alpha value is -1.14. The molecular weight excluding hydrogens is 316 g/mol. The number of rotatable bonds is 14. The van der Waals surface area contributed by atoms with Gasteiger partial charge in [-0.05, 0) is 51.2 Å². The molecule has 24 heavy (non-hydrogen) atoms. The van der Waals surface area contributed by atoms with E-state index < -0.39 is 8.56 Å². The fourth-order valence-electron chi connectivity index (χ4n) is 2.73. The minimum Gasteiger partial charge on any atom is -0.395 e. The van der Waals surface area contributed by atoms with Gasteiger partial charge in [0.2, 0.25) is 0 Å². The number of hydrogen-bond donors (Lipinski definition) is 1. The van der Waals surface area contributed by atoms with E-state index in [4.69, 9.17) is 8.85 Å². The van der Waals surface area contributed by atoms with Crippen molar-refractivity contribution in [1.29, 1.82) is 0 Å². The van der Waals surface area contributed by atoms with E-state index in [0.717, 1.165) is 51.9 Å². The molecule has 0 bridgehead atoms. The Labute approximate surface area is 149 Å². The van der Waals surface area contributed by atoms with Crippen LogP contribution in [0.4, 0.5) is 0 Å². The molecule has 0 aliphatic heterocycles. The molecule has 4 nitrogen and oxygen atoms in total. The zero-order chi connectivity index (χ0) is 17.7. The Balaban J connectivity index is 2.19. The normalized spacial score (nSPS) is 11.5. The number of nitrogens with one attached hydrogen (secondary N) is 1. The maximum absolute atomic E-state index is 5.87. The van der Waals surface area contributed by atoms with Gasteiger partial charge in [-0.2, -0.15) is 0 Å². The van der Waals surface area contributed by atoms with Crippen LogP contribution in [0.2, 0.25) is 12.6 Å². The lowest BCUT2D eigenvalue weighted by Gasteiger charge is -2.26. The van der Waals surface area contributed by atoms with Crippen molar-refractivity contribution >= 4 is 8.56 Å². The van der Waals surface area contributed by atoms with Crippen molar-refractivity contribution in [2.24, 2.45) is 0 Å². The van der Waals surface area contributed by atoms with Gasteiger partial charge in [0.05, 0.1) is 0 Å². The van der Waals surface area contributed by atoms with Crippen molar-refractivity contribution < 1.29 is 8.85 Å². The monoisotopic (exact) mass is 350 g/mol. The van der Waals surface area contributed by atoms with E-state index >= 15 is 0 Å². The summed E-state index contributed by atoms with van der Waals surface area (Å²) < 4.78 is 11.7. The number of hydrogen-bond acceptors (Lipinski definition) is 4. The molecule has 1 N–H and O–H groups in total. The minimum absolute atomic E-state index is 0.740. The molecule has 0 atom stereocenters. The quantitative estimate of drug-likeness (QED) is 0.409. The second-order valence-corrected chi connectivity index (χ2v) is 9.34. The van der Waals surface area contributed by atoms with Crippen molar-refractivity contribution in [1.82, 2.24) is 10.2 Å². The van der Waals surface area contributed by atoms with E-state index in [1.54, 1.807) is 0 Å². The Morgan fingerprint density at radius 2 is 1.79 bits per heavy atom. The van der Waals surface area contributed by atoms with Gasteiger partial charge in [-0.1, -0.05) is 36.9 Å². The summed E-state index contributed by atoms with van der Waals surface area (Å²) in [4.78, 5) is 2.24. The molecule has 0 fully saturated rings. The van der Waals surface area contributed by atoms with Crippen LogP contribution in [0, 0.1) is 0 Å². The third kappa shape index (κ3) is 8.64. The summed E-state index contributed by atoms with van der Waals surface area (Å²) in [6, 6.07) is 11.5.